The number of benzene rings is 9. The molecule has 276 valence electrons. The highest BCUT2D eigenvalue weighted by atomic mass is 16.3. The third kappa shape index (κ3) is 5.93. The predicted molar refractivity (Wildman–Crippen MR) is 244 cm³/mol. The fraction of sp³-hybridized carbons (Fsp3) is 0. The number of rotatable bonds is 7. The molecule has 0 aliphatic heterocycles. The van der Waals surface area contributed by atoms with Gasteiger partial charge >= 0.3 is 0 Å². The van der Waals surface area contributed by atoms with Crippen molar-refractivity contribution in [2.75, 3.05) is 4.90 Å². The maximum atomic E-state index is 9.39. The van der Waals surface area contributed by atoms with Crippen molar-refractivity contribution >= 4 is 60.8 Å². The lowest BCUT2D eigenvalue weighted by Gasteiger charge is -2.26. The Morgan fingerprint density at radius 2 is 0.949 bits per heavy atom. The molecule has 0 N–H and O–H groups in total. The summed E-state index contributed by atoms with van der Waals surface area (Å²) in [6, 6.07) is 76.9. The van der Waals surface area contributed by atoms with E-state index in [1.807, 2.05) is 36.4 Å². The Morgan fingerprint density at radius 1 is 0.407 bits per heavy atom. The first-order valence-corrected chi connectivity index (χ1v) is 19.8. The number of hydrogen-bond donors (Lipinski definition) is 0. The number of nitriles is 1. The fourth-order valence-corrected chi connectivity index (χ4v) is 8.56. The lowest BCUT2D eigenvalue weighted by atomic mass is 10.0. The van der Waals surface area contributed by atoms with Gasteiger partial charge in [0, 0.05) is 49.9 Å². The van der Waals surface area contributed by atoms with E-state index in [0.717, 1.165) is 78.0 Å². The molecule has 0 saturated carbocycles. The predicted octanol–water partition coefficient (Wildman–Crippen LogP) is 15.0. The van der Waals surface area contributed by atoms with E-state index in [1.165, 1.54) is 21.9 Å². The zero-order valence-electron chi connectivity index (χ0n) is 32.0. The minimum atomic E-state index is 0.650. The molecule has 0 unspecified atom stereocenters. The third-order valence-electron chi connectivity index (χ3n) is 11.5. The van der Waals surface area contributed by atoms with E-state index in [2.05, 4.69) is 191 Å². The van der Waals surface area contributed by atoms with E-state index in [4.69, 9.17) is 4.42 Å². The standard InChI is InChI=1S/C55H35N3O/c56-36-37-17-26-46(27-18-37)58-52-15-6-4-11-48(52)51-35-42(25-34-53(51)58)40-21-30-44(31-22-40)57(43-28-19-39(20-29-43)38-9-2-1-3-10-38)45-32-23-41(24-33-45)47-13-8-14-50-49-12-5-7-16-54(49)59-55(47)50/h1-35H. The van der Waals surface area contributed by atoms with Crippen LogP contribution >= 0.6 is 0 Å². The van der Waals surface area contributed by atoms with Crippen molar-refractivity contribution in [3.8, 4) is 45.1 Å². The molecule has 0 amide bonds. The Kier molecular flexibility index (Phi) is 8.17. The molecular weight excluding hydrogens is 719 g/mol. The van der Waals surface area contributed by atoms with Crippen molar-refractivity contribution in [3.05, 3.63) is 218 Å². The Morgan fingerprint density at radius 3 is 1.64 bits per heavy atom. The molecule has 0 fully saturated rings. The van der Waals surface area contributed by atoms with Gasteiger partial charge in [-0.2, -0.15) is 5.26 Å². The van der Waals surface area contributed by atoms with Crippen LogP contribution in [0.2, 0.25) is 0 Å². The fourth-order valence-electron chi connectivity index (χ4n) is 8.56. The molecule has 0 aliphatic carbocycles. The monoisotopic (exact) mass is 753 g/mol. The van der Waals surface area contributed by atoms with Crippen LogP contribution in [0.15, 0.2) is 217 Å². The summed E-state index contributed by atoms with van der Waals surface area (Å²) in [6.45, 7) is 0. The van der Waals surface area contributed by atoms with E-state index in [1.54, 1.807) is 0 Å². The molecule has 59 heavy (non-hydrogen) atoms. The number of anilines is 3. The van der Waals surface area contributed by atoms with Crippen LogP contribution in [0.1, 0.15) is 5.56 Å². The minimum absolute atomic E-state index is 0.650. The molecule has 2 heterocycles. The number of fused-ring (bicyclic) bond motifs is 6. The number of furan rings is 1. The van der Waals surface area contributed by atoms with Crippen LogP contribution in [0, 0.1) is 11.3 Å². The molecule has 0 spiro atoms. The molecule has 2 aromatic heterocycles. The topological polar surface area (TPSA) is 45.1 Å². The quantitative estimate of drug-likeness (QED) is 0.163. The summed E-state index contributed by atoms with van der Waals surface area (Å²) < 4.78 is 8.68. The molecule has 0 bridgehead atoms. The zero-order chi connectivity index (χ0) is 39.3. The number of hydrogen-bond acceptors (Lipinski definition) is 3. The van der Waals surface area contributed by atoms with E-state index >= 15 is 0 Å². The van der Waals surface area contributed by atoms with Crippen LogP contribution in [0.25, 0.3) is 82.8 Å². The van der Waals surface area contributed by atoms with Crippen molar-refractivity contribution < 1.29 is 4.42 Å². The van der Waals surface area contributed by atoms with Gasteiger partial charge in [0.1, 0.15) is 11.2 Å². The number of aromatic nitrogens is 1. The van der Waals surface area contributed by atoms with Gasteiger partial charge in [-0.1, -0.05) is 127 Å². The SMILES string of the molecule is N#Cc1ccc(-n2c3ccccc3c3cc(-c4ccc(N(c5ccc(-c6ccccc6)cc5)c5ccc(-c6cccc7c6oc6ccccc67)cc5)cc4)ccc32)cc1. The van der Waals surface area contributed by atoms with Gasteiger partial charge < -0.3 is 13.9 Å². The summed E-state index contributed by atoms with van der Waals surface area (Å²) >= 11 is 0. The molecule has 11 aromatic rings. The molecule has 0 atom stereocenters. The van der Waals surface area contributed by atoms with Gasteiger partial charge in [0.15, 0.2) is 0 Å². The van der Waals surface area contributed by atoms with E-state index < -0.39 is 0 Å². The van der Waals surface area contributed by atoms with Crippen molar-refractivity contribution in [1.29, 1.82) is 5.26 Å². The third-order valence-corrected chi connectivity index (χ3v) is 11.5. The van der Waals surface area contributed by atoms with Crippen LogP contribution < -0.4 is 4.90 Å². The van der Waals surface area contributed by atoms with Crippen LogP contribution in [0.4, 0.5) is 17.1 Å². The first-order chi connectivity index (χ1) is 29.2. The largest absolute Gasteiger partial charge is 0.455 e. The zero-order valence-corrected chi connectivity index (χ0v) is 32.0. The Bertz CT molecular complexity index is 3350. The molecule has 11 rings (SSSR count). The highest BCUT2D eigenvalue weighted by molar-refractivity contribution is 6.11. The average Bonchev–Trinajstić information content (AvgIpc) is 3.86. The summed E-state index contributed by atoms with van der Waals surface area (Å²) in [6.07, 6.45) is 0. The first kappa shape index (κ1) is 34.1. The van der Waals surface area contributed by atoms with Gasteiger partial charge in [-0.15, -0.1) is 0 Å². The number of nitrogens with zero attached hydrogens (tertiary/aromatic N) is 3. The normalized spacial score (nSPS) is 11.4. The minimum Gasteiger partial charge on any atom is -0.455 e. The molecule has 0 saturated heterocycles. The lowest BCUT2D eigenvalue weighted by molar-refractivity contribution is 0.670. The Hall–Kier alpha value is -8.13. The van der Waals surface area contributed by atoms with E-state index in [9.17, 15) is 5.26 Å². The van der Waals surface area contributed by atoms with Crippen LogP contribution in [-0.4, -0.2) is 4.57 Å². The summed E-state index contributed by atoms with van der Waals surface area (Å²) in [5, 5.41) is 14.0. The summed E-state index contributed by atoms with van der Waals surface area (Å²) in [7, 11) is 0. The maximum Gasteiger partial charge on any atom is 0.143 e. The lowest BCUT2D eigenvalue weighted by Crippen LogP contribution is -2.09. The molecule has 9 aromatic carbocycles. The van der Waals surface area contributed by atoms with Crippen molar-refractivity contribution in [1.82, 2.24) is 4.57 Å². The van der Waals surface area contributed by atoms with Gasteiger partial charge in [-0.05, 0) is 113 Å². The second-order valence-corrected chi connectivity index (χ2v) is 14.9. The van der Waals surface area contributed by atoms with E-state index in [-0.39, 0.29) is 0 Å². The number of para-hydroxylation sites is 3. The van der Waals surface area contributed by atoms with Gasteiger partial charge in [-0.3, -0.25) is 0 Å². The van der Waals surface area contributed by atoms with Crippen molar-refractivity contribution in [3.63, 3.8) is 0 Å². The maximum absolute atomic E-state index is 9.39. The van der Waals surface area contributed by atoms with E-state index in [0.29, 0.717) is 5.56 Å². The molecule has 0 aliphatic rings. The summed E-state index contributed by atoms with van der Waals surface area (Å²) in [4.78, 5) is 2.32. The van der Waals surface area contributed by atoms with Gasteiger partial charge in [0.05, 0.1) is 22.7 Å². The smallest absolute Gasteiger partial charge is 0.143 e. The van der Waals surface area contributed by atoms with Gasteiger partial charge in [-0.25, -0.2) is 0 Å². The summed E-state index contributed by atoms with van der Waals surface area (Å²) in [5.41, 5.74) is 15.8. The summed E-state index contributed by atoms with van der Waals surface area (Å²) in [5.74, 6) is 0. The highest BCUT2D eigenvalue weighted by Gasteiger charge is 2.17. The first-order valence-electron chi connectivity index (χ1n) is 19.8. The second kappa shape index (κ2) is 14.1. The van der Waals surface area contributed by atoms with Crippen molar-refractivity contribution in [2.24, 2.45) is 0 Å². The molecule has 0 radical (unpaired) electrons. The van der Waals surface area contributed by atoms with Crippen LogP contribution in [-0.2, 0) is 0 Å². The molecule has 4 heteroatoms. The Labute approximate surface area is 341 Å². The van der Waals surface area contributed by atoms with Crippen LogP contribution in [0.5, 0.6) is 0 Å². The van der Waals surface area contributed by atoms with Crippen molar-refractivity contribution in [2.45, 2.75) is 0 Å². The second-order valence-electron chi connectivity index (χ2n) is 14.9. The Balaban J connectivity index is 0.976. The van der Waals surface area contributed by atoms with Gasteiger partial charge in [0.25, 0.3) is 0 Å². The average molecular weight is 754 g/mol. The van der Waals surface area contributed by atoms with Gasteiger partial charge in [0.2, 0.25) is 0 Å². The molecular formula is C55H35N3O. The molecule has 4 nitrogen and oxygen atoms in total. The highest BCUT2D eigenvalue weighted by Crippen LogP contribution is 2.41. The van der Waals surface area contributed by atoms with Crippen LogP contribution in [0.3, 0.4) is 0 Å².